The molecular formula is C12H20N4. The molecule has 1 aromatic rings. The first-order chi connectivity index (χ1) is 7.59. The second kappa shape index (κ2) is 4.39. The molecule has 0 aliphatic carbocycles. The van der Waals surface area contributed by atoms with Gasteiger partial charge in [0.1, 0.15) is 5.82 Å². The average molecular weight is 220 g/mol. The van der Waals surface area contributed by atoms with Gasteiger partial charge in [-0.2, -0.15) is 0 Å². The van der Waals surface area contributed by atoms with Gasteiger partial charge in [-0.3, -0.25) is 4.90 Å². The van der Waals surface area contributed by atoms with Gasteiger partial charge in [0.15, 0.2) is 0 Å². The number of likely N-dealkylation sites (tertiary alicyclic amines) is 1. The summed E-state index contributed by atoms with van der Waals surface area (Å²) in [5.74, 6) is 6.08. The topological polar surface area (TPSA) is 54.2 Å². The summed E-state index contributed by atoms with van der Waals surface area (Å²) in [6, 6.07) is 5.91. The number of aromatic nitrogens is 1. The molecule has 16 heavy (non-hydrogen) atoms. The van der Waals surface area contributed by atoms with Crippen LogP contribution in [-0.4, -0.2) is 23.0 Å². The van der Waals surface area contributed by atoms with Crippen LogP contribution in [0.2, 0.25) is 0 Å². The van der Waals surface area contributed by atoms with Crippen LogP contribution in [0.4, 0.5) is 5.82 Å². The van der Waals surface area contributed by atoms with E-state index in [0.29, 0.717) is 5.41 Å². The number of nitrogens with zero attached hydrogens (tertiary/aromatic N) is 2. The molecule has 4 heteroatoms. The molecular weight excluding hydrogens is 200 g/mol. The van der Waals surface area contributed by atoms with Gasteiger partial charge in [0.05, 0.1) is 5.69 Å². The number of nitrogens with one attached hydrogen (secondary N) is 1. The molecule has 0 aromatic carbocycles. The Morgan fingerprint density at radius 2 is 2.31 bits per heavy atom. The lowest BCUT2D eigenvalue weighted by Crippen LogP contribution is -2.23. The zero-order valence-corrected chi connectivity index (χ0v) is 10.0. The normalized spacial score (nSPS) is 19.9. The van der Waals surface area contributed by atoms with Gasteiger partial charge in [-0.05, 0) is 30.5 Å². The Hall–Kier alpha value is -1.13. The molecule has 0 radical (unpaired) electrons. The highest BCUT2D eigenvalue weighted by molar-refractivity contribution is 5.33. The van der Waals surface area contributed by atoms with E-state index in [-0.39, 0.29) is 0 Å². The van der Waals surface area contributed by atoms with Gasteiger partial charge < -0.3 is 5.43 Å². The molecule has 2 heterocycles. The molecule has 1 aromatic heterocycles. The van der Waals surface area contributed by atoms with E-state index >= 15 is 0 Å². The van der Waals surface area contributed by atoms with Gasteiger partial charge >= 0.3 is 0 Å². The minimum atomic E-state index is 0.448. The minimum Gasteiger partial charge on any atom is -0.308 e. The fraction of sp³-hybridized carbons (Fsp3) is 0.583. The number of anilines is 1. The lowest BCUT2D eigenvalue weighted by Gasteiger charge is -2.19. The predicted molar refractivity (Wildman–Crippen MR) is 65.7 cm³/mol. The Morgan fingerprint density at radius 3 is 2.94 bits per heavy atom. The molecule has 88 valence electrons. The number of nitrogen functional groups attached to an aromatic ring is 1. The number of pyridine rings is 1. The first kappa shape index (κ1) is 11.4. The van der Waals surface area contributed by atoms with E-state index in [9.17, 15) is 0 Å². The molecule has 0 atom stereocenters. The summed E-state index contributed by atoms with van der Waals surface area (Å²) in [6.07, 6.45) is 1.27. The van der Waals surface area contributed by atoms with Crippen molar-refractivity contribution in [3.05, 3.63) is 23.9 Å². The lowest BCUT2D eigenvalue weighted by molar-refractivity contribution is 0.282. The SMILES string of the molecule is CC1(C)CCN(Cc2cccc(NN)n2)C1. The third kappa shape index (κ3) is 2.71. The molecule has 1 saturated heterocycles. The highest BCUT2D eigenvalue weighted by Crippen LogP contribution is 2.29. The van der Waals surface area contributed by atoms with Crippen molar-refractivity contribution in [1.29, 1.82) is 0 Å². The summed E-state index contributed by atoms with van der Waals surface area (Å²) >= 11 is 0. The fourth-order valence-electron chi connectivity index (χ4n) is 2.24. The Labute approximate surface area is 96.8 Å². The molecule has 3 N–H and O–H groups in total. The van der Waals surface area contributed by atoms with E-state index < -0.39 is 0 Å². The van der Waals surface area contributed by atoms with Crippen molar-refractivity contribution >= 4 is 5.82 Å². The molecule has 2 rings (SSSR count). The van der Waals surface area contributed by atoms with Crippen molar-refractivity contribution in [1.82, 2.24) is 9.88 Å². The van der Waals surface area contributed by atoms with E-state index in [1.165, 1.54) is 6.42 Å². The predicted octanol–water partition coefficient (Wildman–Crippen LogP) is 1.60. The third-order valence-electron chi connectivity index (χ3n) is 3.10. The van der Waals surface area contributed by atoms with Crippen molar-refractivity contribution in [3.8, 4) is 0 Å². The summed E-state index contributed by atoms with van der Waals surface area (Å²) in [5.41, 5.74) is 4.10. The van der Waals surface area contributed by atoms with Crippen LogP contribution in [0, 0.1) is 5.41 Å². The molecule has 0 spiro atoms. The van der Waals surface area contributed by atoms with E-state index in [4.69, 9.17) is 5.84 Å². The maximum atomic E-state index is 5.34. The van der Waals surface area contributed by atoms with Crippen molar-refractivity contribution in [2.45, 2.75) is 26.8 Å². The van der Waals surface area contributed by atoms with Crippen LogP contribution in [0.3, 0.4) is 0 Å². The van der Waals surface area contributed by atoms with E-state index in [0.717, 1.165) is 31.1 Å². The highest BCUT2D eigenvalue weighted by atomic mass is 15.3. The first-order valence-electron chi connectivity index (χ1n) is 5.74. The summed E-state index contributed by atoms with van der Waals surface area (Å²) in [5, 5.41) is 0. The number of hydrazine groups is 1. The van der Waals surface area contributed by atoms with Crippen LogP contribution in [0.5, 0.6) is 0 Å². The van der Waals surface area contributed by atoms with Crippen LogP contribution in [-0.2, 0) is 6.54 Å². The molecule has 4 nitrogen and oxygen atoms in total. The van der Waals surface area contributed by atoms with E-state index in [2.05, 4.69) is 29.2 Å². The Kier molecular flexibility index (Phi) is 3.12. The fourth-order valence-corrected chi connectivity index (χ4v) is 2.24. The van der Waals surface area contributed by atoms with Gasteiger partial charge in [0.25, 0.3) is 0 Å². The molecule has 0 unspecified atom stereocenters. The third-order valence-corrected chi connectivity index (χ3v) is 3.10. The highest BCUT2D eigenvalue weighted by Gasteiger charge is 2.28. The lowest BCUT2D eigenvalue weighted by atomic mass is 9.93. The zero-order chi connectivity index (χ0) is 11.6. The maximum Gasteiger partial charge on any atom is 0.140 e. The number of hydrogen-bond donors (Lipinski definition) is 2. The van der Waals surface area contributed by atoms with Crippen molar-refractivity contribution < 1.29 is 0 Å². The van der Waals surface area contributed by atoms with Gasteiger partial charge in [-0.15, -0.1) is 0 Å². The molecule has 1 aliphatic rings. The summed E-state index contributed by atoms with van der Waals surface area (Å²) < 4.78 is 0. The number of nitrogens with two attached hydrogens (primary N) is 1. The summed E-state index contributed by atoms with van der Waals surface area (Å²) in [4.78, 5) is 6.87. The van der Waals surface area contributed by atoms with Crippen molar-refractivity contribution in [2.24, 2.45) is 11.3 Å². The standard InChI is InChI=1S/C12H20N4/c1-12(2)6-7-16(9-12)8-10-4-3-5-11(14-10)15-13/h3-5H,6-9,13H2,1-2H3,(H,14,15). The largest absolute Gasteiger partial charge is 0.308 e. The first-order valence-corrected chi connectivity index (χ1v) is 5.74. The zero-order valence-electron chi connectivity index (χ0n) is 10.0. The van der Waals surface area contributed by atoms with E-state index in [1.54, 1.807) is 0 Å². The second-order valence-electron chi connectivity index (χ2n) is 5.28. The van der Waals surface area contributed by atoms with Gasteiger partial charge in [0.2, 0.25) is 0 Å². The van der Waals surface area contributed by atoms with Crippen molar-refractivity contribution in [2.75, 3.05) is 18.5 Å². The Balaban J connectivity index is 1.99. The molecule has 0 saturated carbocycles. The Morgan fingerprint density at radius 1 is 1.50 bits per heavy atom. The molecule has 0 bridgehead atoms. The maximum absolute atomic E-state index is 5.34. The molecule has 0 amide bonds. The van der Waals surface area contributed by atoms with Crippen LogP contribution in [0.15, 0.2) is 18.2 Å². The number of hydrogen-bond acceptors (Lipinski definition) is 4. The summed E-state index contributed by atoms with van der Waals surface area (Å²) in [6.45, 7) is 7.86. The smallest absolute Gasteiger partial charge is 0.140 e. The van der Waals surface area contributed by atoms with Crippen LogP contribution < -0.4 is 11.3 Å². The van der Waals surface area contributed by atoms with Crippen LogP contribution in [0.25, 0.3) is 0 Å². The Bertz CT molecular complexity index is 362. The van der Waals surface area contributed by atoms with E-state index in [1.807, 2.05) is 18.2 Å². The molecule has 1 aliphatic heterocycles. The minimum absolute atomic E-state index is 0.448. The molecule has 1 fully saturated rings. The van der Waals surface area contributed by atoms with Crippen LogP contribution >= 0.6 is 0 Å². The van der Waals surface area contributed by atoms with Gasteiger partial charge in [0, 0.05) is 13.1 Å². The van der Waals surface area contributed by atoms with Crippen LogP contribution in [0.1, 0.15) is 26.0 Å². The number of rotatable bonds is 3. The van der Waals surface area contributed by atoms with Gasteiger partial charge in [-0.1, -0.05) is 19.9 Å². The van der Waals surface area contributed by atoms with Crippen molar-refractivity contribution in [3.63, 3.8) is 0 Å². The summed E-state index contributed by atoms with van der Waals surface area (Å²) in [7, 11) is 0. The van der Waals surface area contributed by atoms with Gasteiger partial charge in [-0.25, -0.2) is 10.8 Å². The monoisotopic (exact) mass is 220 g/mol. The quantitative estimate of drug-likeness (QED) is 0.600. The second-order valence-corrected chi connectivity index (χ2v) is 5.28. The average Bonchev–Trinajstić information content (AvgIpc) is 2.58.